The van der Waals surface area contributed by atoms with Gasteiger partial charge in [0.15, 0.2) is 11.6 Å². The highest BCUT2D eigenvalue weighted by Crippen LogP contribution is 2.45. The Labute approximate surface area is 154 Å². The molecule has 1 N–H and O–H groups in total. The van der Waals surface area contributed by atoms with E-state index in [1.165, 1.54) is 11.3 Å². The van der Waals surface area contributed by atoms with Crippen molar-refractivity contribution in [2.75, 3.05) is 5.32 Å². The molecule has 1 aliphatic carbocycles. The SMILES string of the molecule is O=C1Cc2ccc(NC(=O)c3sc4c(Br)sc(Br)c4c3F)cc21. The van der Waals surface area contributed by atoms with Crippen LogP contribution in [0.4, 0.5) is 10.1 Å². The summed E-state index contributed by atoms with van der Waals surface area (Å²) in [5, 5.41) is 3.08. The van der Waals surface area contributed by atoms with Crippen molar-refractivity contribution in [3.63, 3.8) is 0 Å². The van der Waals surface area contributed by atoms with Gasteiger partial charge in [0.05, 0.1) is 17.7 Å². The minimum Gasteiger partial charge on any atom is -0.321 e. The van der Waals surface area contributed by atoms with Crippen LogP contribution in [0.15, 0.2) is 25.8 Å². The third kappa shape index (κ3) is 2.39. The molecule has 23 heavy (non-hydrogen) atoms. The predicted octanol–water partition coefficient (Wildman–Crippen LogP) is 5.62. The van der Waals surface area contributed by atoms with E-state index in [-0.39, 0.29) is 10.7 Å². The molecule has 1 aliphatic rings. The number of nitrogens with one attached hydrogen (secondary N) is 1. The van der Waals surface area contributed by atoms with Gasteiger partial charge >= 0.3 is 0 Å². The number of Topliss-reactive ketones (excluding diaryl/α,β-unsaturated/α-hetero) is 1. The molecule has 0 unspecified atom stereocenters. The zero-order chi connectivity index (χ0) is 16.3. The molecule has 0 saturated heterocycles. The van der Waals surface area contributed by atoms with Crippen LogP contribution in [0.2, 0.25) is 0 Å². The largest absolute Gasteiger partial charge is 0.321 e. The lowest BCUT2D eigenvalue weighted by Gasteiger charge is -2.18. The summed E-state index contributed by atoms with van der Waals surface area (Å²) in [6, 6.07) is 5.17. The van der Waals surface area contributed by atoms with E-state index >= 15 is 0 Å². The standard InChI is InChI=1S/C15H6Br2FNO2S2/c16-13-9-10(18)12(22-11(9)14(17)23-13)15(21)19-6-2-1-5-3-8(20)7(5)4-6/h1-2,4H,3H2,(H,19,21). The van der Waals surface area contributed by atoms with E-state index < -0.39 is 11.7 Å². The number of rotatable bonds is 2. The lowest BCUT2D eigenvalue weighted by molar-refractivity contribution is 0.0966. The number of ketones is 1. The highest BCUT2D eigenvalue weighted by Gasteiger charge is 2.26. The van der Waals surface area contributed by atoms with Crippen LogP contribution in [0.5, 0.6) is 0 Å². The van der Waals surface area contributed by atoms with E-state index in [2.05, 4.69) is 37.2 Å². The van der Waals surface area contributed by atoms with Crippen molar-refractivity contribution in [3.05, 3.63) is 47.6 Å². The first-order valence-corrected chi connectivity index (χ1v) is 9.71. The Morgan fingerprint density at radius 3 is 2.70 bits per heavy atom. The molecule has 4 rings (SSSR count). The summed E-state index contributed by atoms with van der Waals surface area (Å²) in [6.45, 7) is 0. The zero-order valence-electron chi connectivity index (χ0n) is 11.2. The van der Waals surface area contributed by atoms with Gasteiger partial charge in [-0.2, -0.15) is 0 Å². The molecule has 0 fully saturated rings. The second-order valence-electron chi connectivity index (χ2n) is 5.02. The van der Waals surface area contributed by atoms with Gasteiger partial charge in [-0.25, -0.2) is 4.39 Å². The highest BCUT2D eigenvalue weighted by atomic mass is 79.9. The lowest BCUT2D eigenvalue weighted by Crippen LogP contribution is -2.19. The van der Waals surface area contributed by atoms with Crippen LogP contribution >= 0.6 is 54.5 Å². The molecule has 1 aromatic carbocycles. The molecular formula is C15H6Br2FNO2S2. The Bertz CT molecular complexity index is 1010. The van der Waals surface area contributed by atoms with Crippen molar-refractivity contribution >= 4 is 82.0 Å². The first kappa shape index (κ1) is 15.4. The molecule has 3 aromatic rings. The molecule has 0 radical (unpaired) electrons. The van der Waals surface area contributed by atoms with Crippen LogP contribution < -0.4 is 5.32 Å². The van der Waals surface area contributed by atoms with Gasteiger partial charge in [-0.1, -0.05) is 6.07 Å². The van der Waals surface area contributed by atoms with E-state index in [0.29, 0.717) is 31.5 Å². The van der Waals surface area contributed by atoms with Crippen molar-refractivity contribution in [3.8, 4) is 0 Å². The minimum absolute atomic E-state index is 0.0261. The number of hydrogen-bond acceptors (Lipinski definition) is 4. The molecule has 3 nitrogen and oxygen atoms in total. The fourth-order valence-electron chi connectivity index (χ4n) is 2.46. The molecule has 2 aromatic heterocycles. The zero-order valence-corrected chi connectivity index (χ0v) is 16.0. The summed E-state index contributed by atoms with van der Waals surface area (Å²) in [5.41, 5.74) is 2.10. The molecular weight excluding hydrogens is 469 g/mol. The van der Waals surface area contributed by atoms with Gasteiger partial charge in [-0.3, -0.25) is 9.59 Å². The van der Waals surface area contributed by atoms with E-state index in [9.17, 15) is 14.0 Å². The third-order valence-electron chi connectivity index (χ3n) is 3.63. The van der Waals surface area contributed by atoms with Crippen molar-refractivity contribution in [2.45, 2.75) is 6.42 Å². The number of carbonyl (C=O) groups excluding carboxylic acids is 2. The average Bonchev–Trinajstić information content (AvgIpc) is 2.98. The van der Waals surface area contributed by atoms with Crippen LogP contribution in [0.1, 0.15) is 25.6 Å². The molecule has 0 bridgehead atoms. The summed E-state index contributed by atoms with van der Waals surface area (Å²) in [7, 11) is 0. The summed E-state index contributed by atoms with van der Waals surface area (Å²) in [4.78, 5) is 23.9. The smallest absolute Gasteiger partial charge is 0.268 e. The number of fused-ring (bicyclic) bond motifs is 2. The molecule has 0 spiro atoms. The number of thiophene rings is 2. The first-order valence-electron chi connectivity index (χ1n) is 6.49. The number of benzene rings is 1. The summed E-state index contributed by atoms with van der Waals surface area (Å²) in [5.74, 6) is -0.984. The molecule has 0 atom stereocenters. The Balaban J connectivity index is 1.68. The molecule has 1 amide bonds. The Kier molecular flexibility index (Phi) is 3.67. The van der Waals surface area contributed by atoms with Gasteiger partial charge in [0.1, 0.15) is 4.88 Å². The molecule has 8 heteroatoms. The van der Waals surface area contributed by atoms with Crippen LogP contribution in [-0.4, -0.2) is 11.7 Å². The fraction of sp³-hybridized carbons (Fsp3) is 0.0667. The van der Waals surface area contributed by atoms with Crippen LogP contribution in [0, 0.1) is 5.82 Å². The van der Waals surface area contributed by atoms with Crippen LogP contribution in [0.3, 0.4) is 0 Å². The maximum atomic E-state index is 14.5. The number of hydrogen-bond donors (Lipinski definition) is 1. The van der Waals surface area contributed by atoms with E-state index in [1.807, 2.05) is 6.07 Å². The monoisotopic (exact) mass is 473 g/mol. The topological polar surface area (TPSA) is 46.2 Å². The van der Waals surface area contributed by atoms with E-state index in [4.69, 9.17) is 0 Å². The molecule has 116 valence electrons. The average molecular weight is 475 g/mol. The lowest BCUT2D eigenvalue weighted by atomic mass is 9.87. The van der Waals surface area contributed by atoms with E-state index in [1.54, 1.807) is 12.1 Å². The molecule has 0 saturated carbocycles. The molecule has 0 aliphatic heterocycles. The van der Waals surface area contributed by atoms with Gasteiger partial charge in [0.25, 0.3) is 5.91 Å². The highest BCUT2D eigenvalue weighted by molar-refractivity contribution is 9.12. The van der Waals surface area contributed by atoms with Gasteiger partial charge in [0.2, 0.25) is 0 Å². The van der Waals surface area contributed by atoms with Crippen molar-refractivity contribution in [1.29, 1.82) is 0 Å². The van der Waals surface area contributed by atoms with Gasteiger partial charge in [0, 0.05) is 17.7 Å². The van der Waals surface area contributed by atoms with Gasteiger partial charge in [-0.15, -0.1) is 22.7 Å². The normalized spacial score (nSPS) is 13.1. The van der Waals surface area contributed by atoms with Crippen molar-refractivity contribution in [1.82, 2.24) is 0 Å². The minimum atomic E-state index is -0.531. The predicted molar refractivity (Wildman–Crippen MR) is 97.5 cm³/mol. The first-order chi connectivity index (χ1) is 11.0. The number of amides is 1. The fourth-order valence-corrected chi connectivity index (χ4v) is 6.91. The second kappa shape index (κ2) is 5.47. The maximum absolute atomic E-state index is 14.5. The number of anilines is 1. The number of halogens is 3. The van der Waals surface area contributed by atoms with Crippen molar-refractivity contribution < 1.29 is 14.0 Å². The molecule has 2 heterocycles. The van der Waals surface area contributed by atoms with Crippen molar-refractivity contribution in [2.24, 2.45) is 0 Å². The van der Waals surface area contributed by atoms with Crippen LogP contribution in [0.25, 0.3) is 10.1 Å². The van der Waals surface area contributed by atoms with Gasteiger partial charge in [-0.05, 0) is 49.6 Å². The summed E-state index contributed by atoms with van der Waals surface area (Å²) < 4.78 is 16.7. The number of carbonyl (C=O) groups is 2. The van der Waals surface area contributed by atoms with Gasteiger partial charge < -0.3 is 5.32 Å². The second-order valence-corrected chi connectivity index (χ2v) is 9.70. The Morgan fingerprint density at radius 2 is 2.00 bits per heavy atom. The quantitative estimate of drug-likeness (QED) is 0.524. The Hall–Kier alpha value is -1.09. The van der Waals surface area contributed by atoms with E-state index in [0.717, 1.165) is 20.7 Å². The summed E-state index contributed by atoms with van der Waals surface area (Å²) >= 11 is 9.17. The third-order valence-corrected chi connectivity index (χ3v) is 7.73. The Morgan fingerprint density at radius 1 is 1.22 bits per heavy atom. The summed E-state index contributed by atoms with van der Waals surface area (Å²) in [6.07, 6.45) is 0.446. The van der Waals surface area contributed by atoms with Crippen LogP contribution in [-0.2, 0) is 6.42 Å². The maximum Gasteiger partial charge on any atom is 0.268 e.